The number of hydrogen-bond donors (Lipinski definition) is 4. The Hall–Kier alpha value is -4.05. The van der Waals surface area contributed by atoms with Crippen LogP contribution in [-0.2, 0) is 55.8 Å². The molecule has 0 saturated carbocycles. The van der Waals surface area contributed by atoms with Gasteiger partial charge in [-0.3, -0.25) is 32.5 Å². The number of hydrogen-bond acceptors (Lipinski definition) is 14. The minimum absolute atomic E-state index is 0.0855. The number of allylic oxidation sites excluding steroid dienone is 20. The highest BCUT2D eigenvalue weighted by molar-refractivity contribution is 7.47. The summed E-state index contributed by atoms with van der Waals surface area (Å²) in [6.45, 7) is 2.33. The normalized spacial score (nSPS) is 15.1. The van der Waals surface area contributed by atoms with Gasteiger partial charge in [-0.25, -0.2) is 9.13 Å². The summed E-state index contributed by atoms with van der Waals surface area (Å²) in [5.74, 6) is -1.65. The molecular formula is C69H116O16P2. The number of carbonyl (C=O) groups is 3. The number of ether oxygens (including phenoxy) is 3. The van der Waals surface area contributed by atoms with E-state index in [4.69, 9.17) is 32.3 Å². The highest BCUT2D eigenvalue weighted by atomic mass is 31.2. The summed E-state index contributed by atoms with van der Waals surface area (Å²) < 4.78 is 60.8. The van der Waals surface area contributed by atoms with E-state index < -0.39 is 91.5 Å². The lowest BCUT2D eigenvalue weighted by Crippen LogP contribution is -2.30. The first-order chi connectivity index (χ1) is 42.2. The summed E-state index contributed by atoms with van der Waals surface area (Å²) in [6, 6.07) is 0. The monoisotopic (exact) mass is 1260 g/mol. The molecule has 0 aliphatic carbocycles. The van der Waals surface area contributed by atoms with Crippen LogP contribution in [0.2, 0.25) is 0 Å². The first kappa shape index (κ1) is 83.0. The Morgan fingerprint density at radius 3 is 0.989 bits per heavy atom. The van der Waals surface area contributed by atoms with Gasteiger partial charge in [0.25, 0.3) is 0 Å². The van der Waals surface area contributed by atoms with Crippen LogP contribution >= 0.6 is 15.6 Å². The van der Waals surface area contributed by atoms with Crippen molar-refractivity contribution in [3.8, 4) is 0 Å². The molecule has 0 bridgehead atoms. The third-order valence-corrected chi connectivity index (χ3v) is 15.1. The Balaban J connectivity index is 4.75. The van der Waals surface area contributed by atoms with Gasteiger partial charge in [-0.2, -0.15) is 0 Å². The molecule has 5 unspecified atom stereocenters. The fraction of sp³-hybridized carbons (Fsp3) is 0.667. The molecule has 0 fully saturated rings. The summed E-state index contributed by atoms with van der Waals surface area (Å²) >= 11 is 0. The maximum atomic E-state index is 12.9. The molecule has 16 nitrogen and oxygen atoms in total. The second kappa shape index (κ2) is 62.2. The third-order valence-electron chi connectivity index (χ3n) is 13.2. The number of esters is 3. The summed E-state index contributed by atoms with van der Waals surface area (Å²) in [7, 11) is -9.80. The Labute approximate surface area is 525 Å². The van der Waals surface area contributed by atoms with E-state index in [1.165, 1.54) is 38.5 Å². The molecule has 4 N–H and O–H groups in total. The highest BCUT2D eigenvalue weighted by Gasteiger charge is 2.29. The molecule has 0 spiro atoms. The topological polar surface area (TPSA) is 231 Å². The van der Waals surface area contributed by atoms with Crippen LogP contribution in [0.5, 0.6) is 0 Å². The summed E-state index contributed by atoms with van der Waals surface area (Å²) in [5, 5.41) is 20.5. The van der Waals surface area contributed by atoms with E-state index in [-0.39, 0.29) is 19.3 Å². The molecule has 0 amide bonds. The van der Waals surface area contributed by atoms with Crippen molar-refractivity contribution >= 4 is 33.6 Å². The molecule has 0 saturated heterocycles. The molecule has 0 radical (unpaired) electrons. The maximum absolute atomic E-state index is 12.9. The van der Waals surface area contributed by atoms with E-state index in [1.807, 2.05) is 0 Å². The Morgan fingerprint density at radius 2 is 0.609 bits per heavy atom. The van der Waals surface area contributed by atoms with E-state index in [9.17, 15) is 43.5 Å². The molecule has 0 aliphatic rings. The Morgan fingerprint density at radius 1 is 0.333 bits per heavy atom. The number of aliphatic hydroxyl groups excluding tert-OH is 2. The zero-order valence-corrected chi connectivity index (χ0v) is 55.4. The van der Waals surface area contributed by atoms with Gasteiger partial charge in [0.2, 0.25) is 0 Å². The van der Waals surface area contributed by atoms with Gasteiger partial charge in [0.05, 0.1) is 26.4 Å². The van der Waals surface area contributed by atoms with Gasteiger partial charge in [-0.05, 0) is 128 Å². The lowest BCUT2D eigenvalue weighted by atomic mass is 10.1. The van der Waals surface area contributed by atoms with Crippen LogP contribution < -0.4 is 0 Å². The SMILES string of the molecule is CC/C=C\C/C=C\C/C=C\C/C=C\C/C=C\CCCCCC(=O)OCC(O)COP(=O)(O)OCC(O)COP(=O)(O)OCC(COC(=O)CCCCCC/C=C\C/C=C\C/C=C\C/C=C\CC)OC(=O)CCCCCCC/C=C\CCCCCCCC. The number of carbonyl (C=O) groups excluding carboxylic acids is 3. The molecule has 498 valence electrons. The average Bonchev–Trinajstić information content (AvgIpc) is 3.68. The van der Waals surface area contributed by atoms with Gasteiger partial charge in [-0.1, -0.05) is 213 Å². The molecule has 0 aromatic rings. The highest BCUT2D eigenvalue weighted by Crippen LogP contribution is 2.45. The van der Waals surface area contributed by atoms with Crippen LogP contribution in [0.1, 0.15) is 239 Å². The molecule has 0 heterocycles. The number of rotatable bonds is 61. The third kappa shape index (κ3) is 63.3. The van der Waals surface area contributed by atoms with Crippen LogP contribution in [0.4, 0.5) is 0 Å². The van der Waals surface area contributed by atoms with Gasteiger partial charge in [-0.15, -0.1) is 0 Å². The quantitative estimate of drug-likeness (QED) is 0.0146. The number of phosphoric ester groups is 2. The second-order valence-corrected chi connectivity index (χ2v) is 24.4. The van der Waals surface area contributed by atoms with Crippen molar-refractivity contribution in [1.29, 1.82) is 0 Å². The molecule has 18 heteroatoms. The Bertz CT molecular complexity index is 2070. The van der Waals surface area contributed by atoms with Crippen molar-refractivity contribution < 1.29 is 75.8 Å². The largest absolute Gasteiger partial charge is 0.472 e. The van der Waals surface area contributed by atoms with Crippen molar-refractivity contribution in [2.75, 3.05) is 39.6 Å². The van der Waals surface area contributed by atoms with Crippen LogP contribution in [0, 0.1) is 0 Å². The number of aliphatic hydroxyl groups is 2. The zero-order valence-electron chi connectivity index (χ0n) is 53.6. The number of phosphoric acid groups is 2. The summed E-state index contributed by atoms with van der Waals surface area (Å²) in [4.78, 5) is 58.3. The molecule has 0 aliphatic heterocycles. The maximum Gasteiger partial charge on any atom is 0.472 e. The molecule has 87 heavy (non-hydrogen) atoms. The van der Waals surface area contributed by atoms with Crippen molar-refractivity contribution in [2.45, 2.75) is 257 Å². The van der Waals surface area contributed by atoms with Crippen molar-refractivity contribution in [3.05, 3.63) is 122 Å². The lowest BCUT2D eigenvalue weighted by molar-refractivity contribution is -0.161. The van der Waals surface area contributed by atoms with E-state index in [1.54, 1.807) is 0 Å². The van der Waals surface area contributed by atoms with Crippen molar-refractivity contribution in [2.24, 2.45) is 0 Å². The minimum atomic E-state index is -4.93. The molecule has 0 aromatic heterocycles. The van der Waals surface area contributed by atoms with Crippen molar-refractivity contribution in [3.63, 3.8) is 0 Å². The van der Waals surface area contributed by atoms with E-state index in [2.05, 4.69) is 142 Å². The van der Waals surface area contributed by atoms with Crippen LogP contribution in [-0.4, -0.2) is 95.9 Å². The lowest BCUT2D eigenvalue weighted by Gasteiger charge is -2.21. The first-order valence-electron chi connectivity index (χ1n) is 32.8. The fourth-order valence-corrected chi connectivity index (χ4v) is 9.75. The van der Waals surface area contributed by atoms with Crippen LogP contribution in [0.3, 0.4) is 0 Å². The fourth-order valence-electron chi connectivity index (χ4n) is 8.17. The molecule has 0 rings (SSSR count). The predicted molar refractivity (Wildman–Crippen MR) is 353 cm³/mol. The smallest absolute Gasteiger partial charge is 0.463 e. The van der Waals surface area contributed by atoms with Crippen LogP contribution in [0.25, 0.3) is 0 Å². The van der Waals surface area contributed by atoms with E-state index in [0.717, 1.165) is 141 Å². The van der Waals surface area contributed by atoms with Gasteiger partial charge >= 0.3 is 33.6 Å². The average molecular weight is 1260 g/mol. The van der Waals surface area contributed by atoms with Gasteiger partial charge in [0.1, 0.15) is 25.4 Å². The Kier molecular flexibility index (Phi) is 59.3. The first-order valence-corrected chi connectivity index (χ1v) is 35.8. The van der Waals surface area contributed by atoms with Gasteiger partial charge in [0, 0.05) is 19.3 Å². The number of unbranched alkanes of at least 4 members (excludes halogenated alkanes) is 18. The predicted octanol–water partition coefficient (Wildman–Crippen LogP) is 17.9. The van der Waals surface area contributed by atoms with Gasteiger partial charge < -0.3 is 34.2 Å². The van der Waals surface area contributed by atoms with Crippen LogP contribution in [0.15, 0.2) is 122 Å². The van der Waals surface area contributed by atoms with E-state index >= 15 is 0 Å². The van der Waals surface area contributed by atoms with Crippen molar-refractivity contribution in [1.82, 2.24) is 0 Å². The molecule has 5 atom stereocenters. The summed E-state index contributed by atoms with van der Waals surface area (Å²) in [6.07, 6.45) is 69.7. The summed E-state index contributed by atoms with van der Waals surface area (Å²) in [5.41, 5.74) is 0. The van der Waals surface area contributed by atoms with Gasteiger partial charge in [0.15, 0.2) is 6.10 Å². The zero-order chi connectivity index (χ0) is 63.8. The minimum Gasteiger partial charge on any atom is -0.463 e. The standard InChI is InChI=1S/C69H116O16P2/c1-4-7-10-13-16-19-22-25-28-30-31-33-36-37-40-43-46-49-52-55-67(72)79-58-64(70)59-81-86(75,76)82-60-65(71)61-83-87(77,78)84-63-66(85-69(74)57-54-51-48-45-42-39-34-27-24-21-18-15-12-9-6-3)62-80-68(73)56-53-50-47-44-41-38-35-32-29-26-23-20-17-14-11-8-5-2/h7-8,10-11,16-17,19-20,25-29,31,33-35,37-38,40,64-66,70-71H,4-6,9,12-15,18,21-24,30,32,36,39,41-63H2,1-3H3,(H,75,76)(H,77,78)/b10-7-,11-8-,19-16-,20-17-,28-25-,29-26-,33-31-,34-27-,38-35-,40-37-. The van der Waals surface area contributed by atoms with E-state index in [0.29, 0.717) is 19.3 Å². The second-order valence-electron chi connectivity index (χ2n) is 21.5. The molecular weight excluding hydrogens is 1150 g/mol. The molecule has 0 aromatic carbocycles.